The van der Waals surface area contributed by atoms with Crippen molar-refractivity contribution in [2.45, 2.75) is 6.92 Å². The highest BCUT2D eigenvalue weighted by Gasteiger charge is 2.05. The Morgan fingerprint density at radius 2 is 1.82 bits per heavy atom. The standard InChI is InChI=1S/C14H12N2S/c1-9-2-7-13-12(8-9)16-14(17-13)10-3-5-11(15)6-4-10/h2-8H,15H2,1H3. The van der Waals surface area contributed by atoms with Crippen LogP contribution in [0.15, 0.2) is 42.5 Å². The normalized spacial score (nSPS) is 10.9. The van der Waals surface area contributed by atoms with E-state index in [1.165, 1.54) is 10.3 Å². The number of rotatable bonds is 1. The van der Waals surface area contributed by atoms with Crippen LogP contribution in [0.3, 0.4) is 0 Å². The summed E-state index contributed by atoms with van der Waals surface area (Å²) in [6, 6.07) is 14.2. The van der Waals surface area contributed by atoms with E-state index in [9.17, 15) is 0 Å². The Bertz CT molecular complexity index is 668. The number of fused-ring (bicyclic) bond motifs is 1. The number of anilines is 1. The van der Waals surface area contributed by atoms with Gasteiger partial charge in [-0.25, -0.2) is 4.98 Å². The average molecular weight is 240 g/mol. The maximum absolute atomic E-state index is 5.68. The fourth-order valence-corrected chi connectivity index (χ4v) is 2.74. The van der Waals surface area contributed by atoms with E-state index in [4.69, 9.17) is 5.73 Å². The van der Waals surface area contributed by atoms with Crippen LogP contribution in [-0.4, -0.2) is 4.98 Å². The van der Waals surface area contributed by atoms with Gasteiger partial charge in [0, 0.05) is 11.3 Å². The molecule has 0 aliphatic carbocycles. The third-order valence-electron chi connectivity index (χ3n) is 2.70. The Morgan fingerprint density at radius 1 is 1.06 bits per heavy atom. The number of aromatic nitrogens is 1. The van der Waals surface area contributed by atoms with Crippen LogP contribution in [0.1, 0.15) is 5.56 Å². The van der Waals surface area contributed by atoms with Gasteiger partial charge in [0.1, 0.15) is 5.01 Å². The number of hydrogen-bond acceptors (Lipinski definition) is 3. The first-order valence-electron chi connectivity index (χ1n) is 5.45. The van der Waals surface area contributed by atoms with Gasteiger partial charge in [0.15, 0.2) is 0 Å². The lowest BCUT2D eigenvalue weighted by Gasteiger charge is -1.95. The maximum atomic E-state index is 5.68. The molecule has 1 aromatic heterocycles. The molecule has 0 spiro atoms. The third kappa shape index (κ3) is 1.89. The van der Waals surface area contributed by atoms with Crippen LogP contribution in [0.5, 0.6) is 0 Å². The topological polar surface area (TPSA) is 38.9 Å². The largest absolute Gasteiger partial charge is 0.399 e. The highest BCUT2D eigenvalue weighted by molar-refractivity contribution is 7.21. The van der Waals surface area contributed by atoms with Crippen molar-refractivity contribution in [1.82, 2.24) is 4.98 Å². The molecule has 2 N–H and O–H groups in total. The van der Waals surface area contributed by atoms with Gasteiger partial charge in [-0.15, -0.1) is 11.3 Å². The molecule has 0 aliphatic heterocycles. The van der Waals surface area contributed by atoms with Gasteiger partial charge in [-0.3, -0.25) is 0 Å². The van der Waals surface area contributed by atoms with Crippen molar-refractivity contribution in [1.29, 1.82) is 0 Å². The molecule has 0 atom stereocenters. The highest BCUT2D eigenvalue weighted by atomic mass is 32.1. The number of nitrogens with zero attached hydrogens (tertiary/aromatic N) is 1. The summed E-state index contributed by atoms with van der Waals surface area (Å²) < 4.78 is 1.22. The molecular formula is C14H12N2S. The smallest absolute Gasteiger partial charge is 0.124 e. The fraction of sp³-hybridized carbons (Fsp3) is 0.0714. The molecule has 1 heterocycles. The van der Waals surface area contributed by atoms with Crippen LogP contribution in [0.4, 0.5) is 5.69 Å². The third-order valence-corrected chi connectivity index (χ3v) is 3.79. The number of nitrogen functional groups attached to an aromatic ring is 1. The van der Waals surface area contributed by atoms with Gasteiger partial charge in [-0.05, 0) is 48.9 Å². The number of hydrogen-bond donors (Lipinski definition) is 1. The van der Waals surface area contributed by atoms with E-state index in [0.29, 0.717) is 0 Å². The zero-order valence-electron chi connectivity index (χ0n) is 9.47. The van der Waals surface area contributed by atoms with Crippen molar-refractivity contribution in [2.24, 2.45) is 0 Å². The van der Waals surface area contributed by atoms with E-state index in [2.05, 4.69) is 30.1 Å². The molecule has 3 heteroatoms. The van der Waals surface area contributed by atoms with Gasteiger partial charge in [0.25, 0.3) is 0 Å². The van der Waals surface area contributed by atoms with Crippen molar-refractivity contribution in [2.75, 3.05) is 5.73 Å². The molecule has 17 heavy (non-hydrogen) atoms. The minimum atomic E-state index is 0.783. The van der Waals surface area contributed by atoms with E-state index in [1.807, 2.05) is 24.3 Å². The molecule has 2 nitrogen and oxygen atoms in total. The second-order valence-electron chi connectivity index (χ2n) is 4.11. The number of aryl methyl sites for hydroxylation is 1. The predicted octanol–water partition coefficient (Wildman–Crippen LogP) is 3.85. The van der Waals surface area contributed by atoms with Gasteiger partial charge in [-0.1, -0.05) is 6.07 Å². The summed E-state index contributed by atoms with van der Waals surface area (Å²) in [6.07, 6.45) is 0. The lowest BCUT2D eigenvalue weighted by atomic mass is 10.2. The molecule has 3 aromatic rings. The lowest BCUT2D eigenvalue weighted by Crippen LogP contribution is -1.83. The van der Waals surface area contributed by atoms with E-state index < -0.39 is 0 Å². The predicted molar refractivity (Wildman–Crippen MR) is 74.2 cm³/mol. The van der Waals surface area contributed by atoms with Crippen molar-refractivity contribution < 1.29 is 0 Å². The molecule has 0 aliphatic rings. The molecule has 2 aromatic carbocycles. The maximum Gasteiger partial charge on any atom is 0.124 e. The Kier molecular flexibility index (Phi) is 2.34. The molecule has 0 fully saturated rings. The summed E-state index contributed by atoms with van der Waals surface area (Å²) in [5.74, 6) is 0. The summed E-state index contributed by atoms with van der Waals surface area (Å²) in [5.41, 5.74) is 9.90. The van der Waals surface area contributed by atoms with Gasteiger partial charge in [0.05, 0.1) is 10.2 Å². The first kappa shape index (κ1) is 10.3. The monoisotopic (exact) mass is 240 g/mol. The Hall–Kier alpha value is -1.87. The van der Waals surface area contributed by atoms with E-state index in [-0.39, 0.29) is 0 Å². The molecule has 0 bridgehead atoms. The van der Waals surface area contributed by atoms with Crippen LogP contribution in [-0.2, 0) is 0 Å². The molecule has 0 saturated carbocycles. The van der Waals surface area contributed by atoms with Crippen LogP contribution in [0, 0.1) is 6.92 Å². The van der Waals surface area contributed by atoms with Crippen molar-refractivity contribution in [3.8, 4) is 10.6 Å². The second-order valence-corrected chi connectivity index (χ2v) is 5.14. The Labute approximate surface area is 104 Å². The van der Waals surface area contributed by atoms with Crippen molar-refractivity contribution in [3.05, 3.63) is 48.0 Å². The minimum Gasteiger partial charge on any atom is -0.399 e. The molecular weight excluding hydrogens is 228 g/mol. The number of thiazole rings is 1. The summed E-state index contributed by atoms with van der Waals surface area (Å²) >= 11 is 1.71. The highest BCUT2D eigenvalue weighted by Crippen LogP contribution is 2.30. The van der Waals surface area contributed by atoms with E-state index >= 15 is 0 Å². The van der Waals surface area contributed by atoms with Crippen LogP contribution >= 0.6 is 11.3 Å². The number of nitrogens with two attached hydrogens (primary N) is 1. The minimum absolute atomic E-state index is 0.783. The first-order valence-corrected chi connectivity index (χ1v) is 6.27. The summed E-state index contributed by atoms with van der Waals surface area (Å²) in [4.78, 5) is 4.65. The quantitative estimate of drug-likeness (QED) is 0.656. The van der Waals surface area contributed by atoms with E-state index in [1.54, 1.807) is 11.3 Å². The zero-order valence-corrected chi connectivity index (χ0v) is 10.3. The van der Waals surface area contributed by atoms with Gasteiger partial charge < -0.3 is 5.73 Å². The summed E-state index contributed by atoms with van der Waals surface area (Å²) in [5, 5.41) is 1.05. The second kappa shape index (κ2) is 3.86. The molecule has 84 valence electrons. The molecule has 0 saturated heterocycles. The van der Waals surface area contributed by atoms with Crippen molar-refractivity contribution >= 4 is 27.2 Å². The lowest BCUT2D eigenvalue weighted by molar-refractivity contribution is 1.44. The fourth-order valence-electron chi connectivity index (χ4n) is 1.79. The number of benzene rings is 2. The zero-order chi connectivity index (χ0) is 11.8. The Balaban J connectivity index is 2.14. The van der Waals surface area contributed by atoms with Gasteiger partial charge >= 0.3 is 0 Å². The van der Waals surface area contributed by atoms with E-state index in [0.717, 1.165) is 21.8 Å². The Morgan fingerprint density at radius 3 is 2.59 bits per heavy atom. The molecule has 0 unspecified atom stereocenters. The van der Waals surface area contributed by atoms with Gasteiger partial charge in [-0.2, -0.15) is 0 Å². The summed E-state index contributed by atoms with van der Waals surface area (Å²) in [6.45, 7) is 2.08. The molecule has 0 amide bonds. The SMILES string of the molecule is Cc1ccc2sc(-c3ccc(N)cc3)nc2c1. The average Bonchev–Trinajstić information content (AvgIpc) is 2.72. The molecule has 3 rings (SSSR count). The molecule has 0 radical (unpaired) electrons. The summed E-state index contributed by atoms with van der Waals surface area (Å²) in [7, 11) is 0. The van der Waals surface area contributed by atoms with Crippen LogP contribution in [0.2, 0.25) is 0 Å². The van der Waals surface area contributed by atoms with Crippen LogP contribution in [0.25, 0.3) is 20.8 Å². The van der Waals surface area contributed by atoms with Crippen molar-refractivity contribution in [3.63, 3.8) is 0 Å². The van der Waals surface area contributed by atoms with Gasteiger partial charge in [0.2, 0.25) is 0 Å². The van der Waals surface area contributed by atoms with Crippen LogP contribution < -0.4 is 5.73 Å². The first-order chi connectivity index (χ1) is 8.22.